The second-order valence-corrected chi connectivity index (χ2v) is 30.6. The van der Waals surface area contributed by atoms with E-state index in [4.69, 9.17) is 17.9 Å². The van der Waals surface area contributed by atoms with Crippen molar-refractivity contribution in [2.24, 2.45) is 11.8 Å². The third-order valence-corrected chi connectivity index (χ3v) is 26.9. The molecular formula is C31H54OSiSn. The maximum atomic E-state index is 6.58. The summed E-state index contributed by atoms with van der Waals surface area (Å²) in [5.41, 5.74) is 1.28. The number of ether oxygens (including phenoxy) is 1. The Hall–Kier alpha value is -0.324. The van der Waals surface area contributed by atoms with Gasteiger partial charge in [0.05, 0.1) is 0 Å². The van der Waals surface area contributed by atoms with E-state index in [9.17, 15) is 0 Å². The average molecular weight is 590 g/mol. The van der Waals surface area contributed by atoms with E-state index in [2.05, 4.69) is 70.7 Å². The summed E-state index contributed by atoms with van der Waals surface area (Å²) >= 11 is -2.52. The topological polar surface area (TPSA) is 9.23 Å². The Morgan fingerprint density at radius 3 is 1.82 bits per heavy atom. The Morgan fingerprint density at radius 1 is 0.853 bits per heavy atom. The molecule has 0 spiro atoms. The monoisotopic (exact) mass is 590 g/mol. The second kappa shape index (κ2) is 14.4. The SMILES string of the molecule is C=C([C@@H]1CC(OCc2ccccc2)C[C@H]1[C](=C)[Sn]([CH2]CCC)([CH2]CCC)[CH2]CCC)[Si](C)(C)C. The summed E-state index contributed by atoms with van der Waals surface area (Å²) in [6.45, 7) is 25.1. The Balaban J connectivity index is 2.32. The molecule has 0 bridgehead atoms. The number of hydrogen-bond acceptors (Lipinski definition) is 1. The first-order chi connectivity index (χ1) is 16.2. The molecule has 0 saturated heterocycles. The molecule has 0 radical (unpaired) electrons. The van der Waals surface area contributed by atoms with E-state index in [0.717, 1.165) is 13.0 Å². The van der Waals surface area contributed by atoms with E-state index in [1.165, 1.54) is 63.8 Å². The first-order valence-corrected chi connectivity index (χ1v) is 25.2. The summed E-state index contributed by atoms with van der Waals surface area (Å²) < 4.78 is 12.9. The summed E-state index contributed by atoms with van der Waals surface area (Å²) in [4.78, 5) is 0. The standard InChI is InChI=1S/C19H27OSi.3C4H9.Sn/c1-6-17-12-18(13-19(17)15(2)21(3,4)5)20-14-16-10-8-7-9-11-16;3*1-3-4-2;/h7-11,17-19H,1-2,12-14H2,3-5H3;3*1,3-4H2,2H3;/t17-,18?,19+;;;;/m1..../s1. The van der Waals surface area contributed by atoms with Crippen LogP contribution in [0.5, 0.6) is 0 Å². The molecule has 1 fully saturated rings. The first kappa shape index (κ1) is 29.9. The van der Waals surface area contributed by atoms with Crippen molar-refractivity contribution in [2.75, 3.05) is 0 Å². The van der Waals surface area contributed by atoms with Gasteiger partial charge in [0.2, 0.25) is 0 Å². The van der Waals surface area contributed by atoms with Gasteiger partial charge < -0.3 is 0 Å². The van der Waals surface area contributed by atoms with Gasteiger partial charge in [0.25, 0.3) is 0 Å². The van der Waals surface area contributed by atoms with Gasteiger partial charge >= 0.3 is 219 Å². The molecule has 192 valence electrons. The average Bonchev–Trinajstić information content (AvgIpc) is 3.25. The number of allylic oxidation sites excluding steroid dienone is 2. The van der Waals surface area contributed by atoms with Crippen molar-refractivity contribution in [3.05, 3.63) is 57.8 Å². The minimum absolute atomic E-state index is 0.340. The number of hydrogen-bond donors (Lipinski definition) is 0. The van der Waals surface area contributed by atoms with Gasteiger partial charge in [-0.05, 0) is 0 Å². The van der Waals surface area contributed by atoms with Crippen LogP contribution < -0.4 is 0 Å². The zero-order chi connectivity index (χ0) is 25.2. The maximum absolute atomic E-state index is 6.58. The minimum atomic E-state index is -2.52. The van der Waals surface area contributed by atoms with Crippen molar-refractivity contribution in [3.8, 4) is 0 Å². The van der Waals surface area contributed by atoms with Crippen LogP contribution in [0.1, 0.15) is 77.7 Å². The van der Waals surface area contributed by atoms with Gasteiger partial charge in [-0.25, -0.2) is 0 Å². The Labute approximate surface area is 217 Å². The third-order valence-electron chi connectivity index (χ3n) is 8.41. The molecule has 0 aromatic heterocycles. The van der Waals surface area contributed by atoms with Gasteiger partial charge in [-0.15, -0.1) is 0 Å². The fourth-order valence-corrected chi connectivity index (χ4v) is 24.3. The van der Waals surface area contributed by atoms with Crippen molar-refractivity contribution in [2.45, 2.75) is 118 Å². The van der Waals surface area contributed by atoms with Crippen molar-refractivity contribution in [1.82, 2.24) is 0 Å². The van der Waals surface area contributed by atoms with E-state index in [1.807, 2.05) is 0 Å². The zero-order valence-electron chi connectivity index (χ0n) is 23.4. The Bertz CT molecular complexity index is 729. The molecule has 1 aliphatic rings. The molecule has 1 aliphatic carbocycles. The number of unbranched alkanes of at least 4 members (excludes halogenated alkanes) is 3. The van der Waals surface area contributed by atoms with E-state index in [-0.39, 0.29) is 0 Å². The predicted molar refractivity (Wildman–Crippen MR) is 158 cm³/mol. The Kier molecular flexibility index (Phi) is 12.7. The number of rotatable bonds is 16. The fourth-order valence-electron chi connectivity index (χ4n) is 6.04. The molecule has 0 heterocycles. The third kappa shape index (κ3) is 8.37. The van der Waals surface area contributed by atoms with E-state index in [0.29, 0.717) is 17.9 Å². The molecule has 1 aromatic rings. The van der Waals surface area contributed by atoms with Crippen LogP contribution in [0.2, 0.25) is 33.0 Å². The van der Waals surface area contributed by atoms with Gasteiger partial charge in [-0.2, -0.15) is 0 Å². The molecule has 34 heavy (non-hydrogen) atoms. The Morgan fingerprint density at radius 2 is 1.35 bits per heavy atom. The van der Waals surface area contributed by atoms with Gasteiger partial charge in [-0.3, -0.25) is 0 Å². The van der Waals surface area contributed by atoms with Crippen LogP contribution in [0.25, 0.3) is 0 Å². The van der Waals surface area contributed by atoms with E-state index < -0.39 is 26.5 Å². The molecule has 0 aliphatic heterocycles. The first-order valence-electron chi connectivity index (χ1n) is 14.2. The van der Waals surface area contributed by atoms with Gasteiger partial charge in [0, 0.05) is 0 Å². The summed E-state index contributed by atoms with van der Waals surface area (Å²) in [5.74, 6) is 1.20. The van der Waals surface area contributed by atoms with Gasteiger partial charge in [-0.1, -0.05) is 0 Å². The summed E-state index contributed by atoms with van der Waals surface area (Å²) in [7, 11) is -1.43. The quantitative estimate of drug-likeness (QED) is 0.174. The normalized spacial score (nSPS) is 21.1. The van der Waals surface area contributed by atoms with E-state index >= 15 is 0 Å². The van der Waals surface area contributed by atoms with Crippen molar-refractivity contribution in [3.63, 3.8) is 0 Å². The molecular weight excluding hydrogens is 535 g/mol. The molecule has 3 atom stereocenters. The van der Waals surface area contributed by atoms with Crippen LogP contribution in [0.4, 0.5) is 0 Å². The van der Waals surface area contributed by atoms with Gasteiger partial charge in [0.15, 0.2) is 0 Å². The second-order valence-electron chi connectivity index (χ2n) is 12.0. The van der Waals surface area contributed by atoms with Crippen molar-refractivity contribution in [1.29, 1.82) is 0 Å². The van der Waals surface area contributed by atoms with Crippen LogP contribution in [0, 0.1) is 11.8 Å². The molecule has 0 amide bonds. The zero-order valence-corrected chi connectivity index (χ0v) is 27.3. The number of benzene rings is 1. The fraction of sp³-hybridized carbons (Fsp3) is 0.677. The van der Waals surface area contributed by atoms with Crippen LogP contribution in [0.15, 0.2) is 52.3 Å². The molecule has 1 saturated carbocycles. The summed E-state index contributed by atoms with van der Waals surface area (Å²) in [6.07, 6.45) is 10.8. The summed E-state index contributed by atoms with van der Waals surface area (Å²) in [6, 6.07) is 10.7. The van der Waals surface area contributed by atoms with Crippen LogP contribution >= 0.6 is 0 Å². The molecule has 1 nitrogen and oxygen atoms in total. The molecule has 3 heteroatoms. The summed E-state index contributed by atoms with van der Waals surface area (Å²) in [5, 5.41) is 1.56. The van der Waals surface area contributed by atoms with Crippen molar-refractivity contribution < 1.29 is 4.74 Å². The molecule has 1 aromatic carbocycles. The molecule has 2 rings (SSSR count). The molecule has 1 unspecified atom stereocenters. The predicted octanol–water partition coefficient (Wildman–Crippen LogP) is 9.98. The van der Waals surface area contributed by atoms with Crippen molar-refractivity contribution >= 4 is 26.5 Å². The van der Waals surface area contributed by atoms with Crippen LogP contribution in [-0.2, 0) is 11.3 Å². The van der Waals surface area contributed by atoms with Crippen LogP contribution in [-0.4, -0.2) is 32.6 Å². The molecule has 0 N–H and O–H groups in total. The van der Waals surface area contributed by atoms with Crippen LogP contribution in [0.3, 0.4) is 0 Å². The van der Waals surface area contributed by atoms with E-state index in [1.54, 1.807) is 8.79 Å². The van der Waals surface area contributed by atoms with Gasteiger partial charge in [0.1, 0.15) is 0 Å².